The lowest BCUT2D eigenvalue weighted by atomic mass is 10.0. The number of carbonyl (C=O) groups excluding carboxylic acids is 1. The number of carbonyl (C=O) groups is 1. The van der Waals surface area contributed by atoms with E-state index in [0.717, 1.165) is 16.3 Å². The summed E-state index contributed by atoms with van der Waals surface area (Å²) in [5.41, 5.74) is 1.13. The monoisotopic (exact) mass is 351 g/mol. The number of rotatable bonds is 5. The van der Waals surface area contributed by atoms with Crippen molar-refractivity contribution in [3.05, 3.63) is 65.7 Å². The van der Waals surface area contributed by atoms with Gasteiger partial charge in [0.05, 0.1) is 19.8 Å². The number of fused-ring (bicyclic) bond motifs is 1. The fourth-order valence-electron chi connectivity index (χ4n) is 2.92. The predicted octanol–water partition coefficient (Wildman–Crippen LogP) is 3.83. The van der Waals surface area contributed by atoms with Crippen molar-refractivity contribution in [3.8, 4) is 17.2 Å². The predicted molar refractivity (Wildman–Crippen MR) is 101 cm³/mol. The Kier molecular flexibility index (Phi) is 4.98. The van der Waals surface area contributed by atoms with Gasteiger partial charge >= 0.3 is 0 Å². The number of phenolic OH excluding ortho intramolecular Hbond substituents is 1. The Bertz CT molecular complexity index is 952. The number of phenols is 1. The largest absolute Gasteiger partial charge is 0.507 e. The first kappa shape index (κ1) is 17.6. The second-order valence-electron chi connectivity index (χ2n) is 6.06. The smallest absolute Gasteiger partial charge is 0.257 e. The van der Waals surface area contributed by atoms with Gasteiger partial charge in [-0.15, -0.1) is 0 Å². The first-order valence-electron chi connectivity index (χ1n) is 8.21. The Labute approximate surface area is 152 Å². The Morgan fingerprint density at radius 2 is 1.69 bits per heavy atom. The molecule has 0 aliphatic rings. The van der Waals surface area contributed by atoms with Gasteiger partial charge in [-0.05, 0) is 35.0 Å². The van der Waals surface area contributed by atoms with Gasteiger partial charge in [-0.3, -0.25) is 4.79 Å². The minimum atomic E-state index is -0.258. The highest BCUT2D eigenvalue weighted by Gasteiger charge is 2.18. The molecule has 0 saturated carbocycles. The van der Waals surface area contributed by atoms with Crippen LogP contribution in [-0.2, 0) is 6.54 Å². The summed E-state index contributed by atoms with van der Waals surface area (Å²) < 4.78 is 10.6. The number of benzene rings is 3. The highest BCUT2D eigenvalue weighted by atomic mass is 16.5. The molecule has 3 rings (SSSR count). The summed E-state index contributed by atoms with van der Waals surface area (Å²) in [6, 6.07) is 16.4. The molecule has 0 saturated heterocycles. The fraction of sp³-hybridized carbons (Fsp3) is 0.190. The van der Waals surface area contributed by atoms with Crippen LogP contribution in [0.5, 0.6) is 17.2 Å². The molecule has 3 aromatic rings. The molecular weight excluding hydrogens is 330 g/mol. The average molecular weight is 351 g/mol. The standard InChI is InChI=1S/C21H21NO4/c1-22(13-16-8-9-17(25-2)12-20(16)26-3)21(24)18-10-14-6-4-5-7-15(14)11-19(18)23/h4-12,23H,13H2,1-3H3. The van der Waals surface area contributed by atoms with Crippen LogP contribution in [0.4, 0.5) is 0 Å². The maximum atomic E-state index is 12.8. The SMILES string of the molecule is COc1ccc(CN(C)C(=O)c2cc3ccccc3cc2O)c(OC)c1. The summed E-state index contributed by atoms with van der Waals surface area (Å²) in [4.78, 5) is 14.4. The molecule has 0 heterocycles. The number of amides is 1. The average Bonchev–Trinajstić information content (AvgIpc) is 2.67. The van der Waals surface area contributed by atoms with Crippen LogP contribution in [0, 0.1) is 0 Å². The molecule has 0 atom stereocenters. The highest BCUT2D eigenvalue weighted by Crippen LogP contribution is 2.28. The molecule has 0 bridgehead atoms. The summed E-state index contributed by atoms with van der Waals surface area (Å²) in [5.74, 6) is 1.05. The number of hydrogen-bond acceptors (Lipinski definition) is 4. The quantitative estimate of drug-likeness (QED) is 0.759. The molecule has 5 nitrogen and oxygen atoms in total. The fourth-order valence-corrected chi connectivity index (χ4v) is 2.92. The Morgan fingerprint density at radius 1 is 1.00 bits per heavy atom. The van der Waals surface area contributed by atoms with Crippen LogP contribution in [0.3, 0.4) is 0 Å². The zero-order valence-corrected chi connectivity index (χ0v) is 15.0. The zero-order chi connectivity index (χ0) is 18.7. The van der Waals surface area contributed by atoms with Crippen molar-refractivity contribution in [2.45, 2.75) is 6.54 Å². The van der Waals surface area contributed by atoms with E-state index in [-0.39, 0.29) is 17.2 Å². The van der Waals surface area contributed by atoms with Gasteiger partial charge in [0.2, 0.25) is 0 Å². The maximum Gasteiger partial charge on any atom is 0.257 e. The molecule has 0 aromatic heterocycles. The molecule has 0 aliphatic heterocycles. The lowest BCUT2D eigenvalue weighted by molar-refractivity contribution is 0.0781. The van der Waals surface area contributed by atoms with Crippen molar-refractivity contribution >= 4 is 16.7 Å². The van der Waals surface area contributed by atoms with E-state index in [1.165, 1.54) is 0 Å². The molecule has 134 valence electrons. The molecule has 0 unspecified atom stereocenters. The van der Waals surface area contributed by atoms with Gasteiger partial charge in [0.1, 0.15) is 17.2 Å². The molecule has 0 spiro atoms. The molecule has 1 N–H and O–H groups in total. The third-order valence-electron chi connectivity index (χ3n) is 4.34. The minimum Gasteiger partial charge on any atom is -0.507 e. The lowest BCUT2D eigenvalue weighted by Gasteiger charge is -2.20. The lowest BCUT2D eigenvalue weighted by Crippen LogP contribution is -2.26. The van der Waals surface area contributed by atoms with Crippen LogP contribution in [0.25, 0.3) is 10.8 Å². The van der Waals surface area contributed by atoms with Gasteiger partial charge in [0.15, 0.2) is 0 Å². The van der Waals surface area contributed by atoms with E-state index in [0.29, 0.717) is 18.0 Å². The molecule has 5 heteroatoms. The number of aromatic hydroxyl groups is 1. The minimum absolute atomic E-state index is 0.0257. The summed E-state index contributed by atoms with van der Waals surface area (Å²) in [7, 11) is 4.86. The summed E-state index contributed by atoms with van der Waals surface area (Å²) in [6.07, 6.45) is 0. The molecule has 0 aliphatic carbocycles. The van der Waals surface area contributed by atoms with E-state index >= 15 is 0 Å². The molecule has 0 radical (unpaired) electrons. The van der Waals surface area contributed by atoms with Gasteiger partial charge in [-0.2, -0.15) is 0 Å². The first-order chi connectivity index (χ1) is 12.5. The molecule has 1 amide bonds. The third kappa shape index (κ3) is 3.42. The van der Waals surface area contributed by atoms with Gasteiger partial charge in [-0.25, -0.2) is 0 Å². The third-order valence-corrected chi connectivity index (χ3v) is 4.34. The van der Waals surface area contributed by atoms with Crippen LogP contribution in [-0.4, -0.2) is 37.2 Å². The topological polar surface area (TPSA) is 59.0 Å². The van der Waals surface area contributed by atoms with Crippen molar-refractivity contribution in [3.63, 3.8) is 0 Å². The van der Waals surface area contributed by atoms with Crippen LogP contribution < -0.4 is 9.47 Å². The van der Waals surface area contributed by atoms with Crippen LogP contribution in [0.1, 0.15) is 15.9 Å². The van der Waals surface area contributed by atoms with Crippen LogP contribution in [0.2, 0.25) is 0 Å². The van der Waals surface area contributed by atoms with Crippen molar-refractivity contribution in [1.29, 1.82) is 0 Å². The zero-order valence-electron chi connectivity index (χ0n) is 15.0. The first-order valence-corrected chi connectivity index (χ1v) is 8.21. The van der Waals surface area contributed by atoms with Crippen molar-refractivity contribution in [2.24, 2.45) is 0 Å². The van der Waals surface area contributed by atoms with Crippen molar-refractivity contribution < 1.29 is 19.4 Å². The van der Waals surface area contributed by atoms with Crippen molar-refractivity contribution in [1.82, 2.24) is 4.90 Å². The van der Waals surface area contributed by atoms with E-state index in [1.54, 1.807) is 44.4 Å². The van der Waals surface area contributed by atoms with E-state index in [9.17, 15) is 9.90 Å². The summed E-state index contributed by atoms with van der Waals surface area (Å²) in [6.45, 7) is 0.346. The van der Waals surface area contributed by atoms with E-state index in [1.807, 2.05) is 36.4 Å². The van der Waals surface area contributed by atoms with E-state index in [2.05, 4.69) is 0 Å². The number of ether oxygens (including phenoxy) is 2. The number of methoxy groups -OCH3 is 2. The second-order valence-corrected chi connectivity index (χ2v) is 6.06. The normalized spacial score (nSPS) is 10.6. The molecular formula is C21H21NO4. The van der Waals surface area contributed by atoms with Gasteiger partial charge in [0, 0.05) is 25.2 Å². The molecule has 0 fully saturated rings. The van der Waals surface area contributed by atoms with Gasteiger partial charge in [-0.1, -0.05) is 24.3 Å². The molecule has 3 aromatic carbocycles. The van der Waals surface area contributed by atoms with E-state index < -0.39 is 0 Å². The molecule has 26 heavy (non-hydrogen) atoms. The summed E-state index contributed by atoms with van der Waals surface area (Å²) in [5, 5.41) is 12.1. The maximum absolute atomic E-state index is 12.8. The number of hydrogen-bond donors (Lipinski definition) is 1. The second kappa shape index (κ2) is 7.35. The highest BCUT2D eigenvalue weighted by molar-refractivity contribution is 6.01. The Morgan fingerprint density at radius 3 is 2.35 bits per heavy atom. The van der Waals surface area contributed by atoms with Crippen LogP contribution >= 0.6 is 0 Å². The van der Waals surface area contributed by atoms with Gasteiger partial charge in [0.25, 0.3) is 5.91 Å². The van der Waals surface area contributed by atoms with Gasteiger partial charge < -0.3 is 19.5 Å². The van der Waals surface area contributed by atoms with Crippen molar-refractivity contribution in [2.75, 3.05) is 21.3 Å². The summed E-state index contributed by atoms with van der Waals surface area (Å²) >= 11 is 0. The van der Waals surface area contributed by atoms with E-state index in [4.69, 9.17) is 9.47 Å². The number of nitrogens with zero attached hydrogens (tertiary/aromatic N) is 1. The van der Waals surface area contributed by atoms with Crippen LogP contribution in [0.15, 0.2) is 54.6 Å². The Balaban J connectivity index is 1.87. The Hall–Kier alpha value is -3.21.